The zero-order chi connectivity index (χ0) is 13.0. The van der Waals surface area contributed by atoms with Crippen molar-refractivity contribution in [2.45, 2.75) is 32.4 Å². The van der Waals surface area contributed by atoms with Gasteiger partial charge in [-0.2, -0.15) is 0 Å². The van der Waals surface area contributed by atoms with Crippen LogP contribution in [-0.2, 0) is 6.42 Å². The molecule has 0 aliphatic rings. The van der Waals surface area contributed by atoms with Gasteiger partial charge in [0, 0.05) is 24.0 Å². The Balaban J connectivity index is 2.16. The molecule has 1 N–H and O–H groups in total. The van der Waals surface area contributed by atoms with E-state index in [9.17, 15) is 4.39 Å². The first kappa shape index (κ1) is 13.1. The average molecular weight is 265 g/mol. The van der Waals surface area contributed by atoms with E-state index < -0.39 is 0 Å². The van der Waals surface area contributed by atoms with Gasteiger partial charge in [0.25, 0.3) is 0 Å². The molecule has 0 amide bonds. The van der Waals surface area contributed by atoms with E-state index in [1.807, 2.05) is 5.38 Å². The quantitative estimate of drug-likeness (QED) is 0.903. The van der Waals surface area contributed by atoms with E-state index in [-0.39, 0.29) is 11.9 Å². The molecule has 0 radical (unpaired) electrons. The van der Waals surface area contributed by atoms with E-state index in [2.05, 4.69) is 29.1 Å². The fraction of sp³-hybridized carbons (Fsp3) is 0.385. The summed E-state index contributed by atoms with van der Waals surface area (Å²) < 4.78 is 12.9. The highest BCUT2D eigenvalue weighted by atomic mass is 32.1. The lowest BCUT2D eigenvalue weighted by molar-refractivity contribution is 0.464. The van der Waals surface area contributed by atoms with Crippen LogP contribution in [0.5, 0.6) is 0 Å². The molecule has 0 aromatic carbocycles. The summed E-state index contributed by atoms with van der Waals surface area (Å²) in [6.45, 7) is 4.16. The number of pyridine rings is 1. The van der Waals surface area contributed by atoms with E-state index in [1.165, 1.54) is 12.3 Å². The van der Waals surface area contributed by atoms with Crippen LogP contribution in [0.1, 0.15) is 30.6 Å². The van der Waals surface area contributed by atoms with Gasteiger partial charge in [0.15, 0.2) is 0 Å². The minimum absolute atomic E-state index is 0.0664. The summed E-state index contributed by atoms with van der Waals surface area (Å²) in [5.41, 5.74) is 0.848. The Morgan fingerprint density at radius 3 is 2.72 bits per heavy atom. The van der Waals surface area contributed by atoms with E-state index in [4.69, 9.17) is 0 Å². The summed E-state index contributed by atoms with van der Waals surface area (Å²) in [5.74, 6) is -0.309. The predicted molar refractivity (Wildman–Crippen MR) is 71.0 cm³/mol. The van der Waals surface area contributed by atoms with Crippen molar-refractivity contribution in [1.29, 1.82) is 0 Å². The summed E-state index contributed by atoms with van der Waals surface area (Å²) in [4.78, 5) is 8.43. The van der Waals surface area contributed by atoms with Crippen LogP contribution in [0.3, 0.4) is 0 Å². The first-order chi connectivity index (χ1) is 8.65. The lowest BCUT2D eigenvalue weighted by atomic mass is 10.1. The highest BCUT2D eigenvalue weighted by Gasteiger charge is 2.16. The molecule has 18 heavy (non-hydrogen) atoms. The van der Waals surface area contributed by atoms with Gasteiger partial charge in [-0.05, 0) is 12.1 Å². The van der Waals surface area contributed by atoms with Crippen LogP contribution < -0.4 is 5.32 Å². The zero-order valence-corrected chi connectivity index (χ0v) is 11.2. The van der Waals surface area contributed by atoms with Crippen molar-refractivity contribution in [2.24, 2.45) is 0 Å². The number of nitrogens with one attached hydrogen (secondary N) is 1. The Morgan fingerprint density at radius 1 is 1.33 bits per heavy atom. The van der Waals surface area contributed by atoms with E-state index in [0.29, 0.717) is 6.04 Å². The Labute approximate surface area is 110 Å². The third kappa shape index (κ3) is 3.58. The molecule has 1 unspecified atom stereocenters. The molecular formula is C13H16FN3S. The van der Waals surface area contributed by atoms with Crippen LogP contribution in [0.4, 0.5) is 4.39 Å². The standard InChI is InChI=1S/C13H16FN3S/c1-9(2)17-12(7-13-15-5-6-18-13)11-4-3-10(14)8-16-11/h3-6,8-9,12,17H,7H2,1-2H3. The molecule has 0 bridgehead atoms. The normalized spacial score (nSPS) is 12.9. The Kier molecular flexibility index (Phi) is 4.38. The molecular weight excluding hydrogens is 249 g/mol. The van der Waals surface area contributed by atoms with Crippen LogP contribution in [0, 0.1) is 5.82 Å². The molecule has 2 aromatic rings. The van der Waals surface area contributed by atoms with Crippen LogP contribution in [0.15, 0.2) is 29.9 Å². The van der Waals surface area contributed by atoms with E-state index >= 15 is 0 Å². The van der Waals surface area contributed by atoms with Crippen molar-refractivity contribution in [3.8, 4) is 0 Å². The van der Waals surface area contributed by atoms with Crippen molar-refractivity contribution in [3.05, 3.63) is 46.4 Å². The van der Waals surface area contributed by atoms with Gasteiger partial charge in [-0.15, -0.1) is 11.3 Å². The maximum absolute atomic E-state index is 12.9. The fourth-order valence-electron chi connectivity index (χ4n) is 1.77. The molecule has 96 valence electrons. The largest absolute Gasteiger partial charge is 0.306 e. The lowest BCUT2D eigenvalue weighted by Crippen LogP contribution is -2.30. The summed E-state index contributed by atoms with van der Waals surface area (Å²) in [6.07, 6.45) is 3.82. The van der Waals surface area contributed by atoms with E-state index in [1.54, 1.807) is 23.6 Å². The lowest BCUT2D eigenvalue weighted by Gasteiger charge is -2.19. The molecule has 2 aromatic heterocycles. The average Bonchev–Trinajstić information content (AvgIpc) is 2.81. The molecule has 0 fully saturated rings. The van der Waals surface area contributed by atoms with Gasteiger partial charge in [-0.1, -0.05) is 13.8 Å². The number of hydrogen-bond donors (Lipinski definition) is 1. The van der Waals surface area contributed by atoms with Gasteiger partial charge >= 0.3 is 0 Å². The molecule has 0 aliphatic carbocycles. The predicted octanol–water partition coefficient (Wildman–Crippen LogP) is 2.96. The van der Waals surface area contributed by atoms with Gasteiger partial charge in [0.2, 0.25) is 0 Å². The molecule has 5 heteroatoms. The number of aromatic nitrogens is 2. The Hall–Kier alpha value is -1.33. The second kappa shape index (κ2) is 6.02. The minimum atomic E-state index is -0.309. The summed E-state index contributed by atoms with van der Waals surface area (Å²) in [5, 5.41) is 6.45. The van der Waals surface area contributed by atoms with Crippen molar-refractivity contribution >= 4 is 11.3 Å². The Morgan fingerprint density at radius 2 is 2.17 bits per heavy atom. The van der Waals surface area contributed by atoms with Gasteiger partial charge in [-0.3, -0.25) is 4.98 Å². The number of thiazole rings is 1. The first-order valence-corrected chi connectivity index (χ1v) is 6.79. The molecule has 0 saturated carbocycles. The van der Waals surface area contributed by atoms with Gasteiger partial charge in [0.05, 0.1) is 22.9 Å². The summed E-state index contributed by atoms with van der Waals surface area (Å²) in [6, 6.07) is 3.57. The topological polar surface area (TPSA) is 37.8 Å². The SMILES string of the molecule is CC(C)NC(Cc1nccs1)c1ccc(F)cn1. The van der Waals surface area contributed by atoms with Crippen LogP contribution in [0.2, 0.25) is 0 Å². The van der Waals surface area contributed by atoms with Crippen molar-refractivity contribution in [2.75, 3.05) is 0 Å². The monoisotopic (exact) mass is 265 g/mol. The fourth-order valence-corrected chi connectivity index (χ4v) is 2.44. The van der Waals surface area contributed by atoms with Gasteiger partial charge in [0.1, 0.15) is 5.82 Å². The molecule has 0 saturated heterocycles. The maximum Gasteiger partial charge on any atom is 0.141 e. The second-order valence-electron chi connectivity index (χ2n) is 4.41. The Bertz CT molecular complexity index is 467. The van der Waals surface area contributed by atoms with Gasteiger partial charge in [-0.25, -0.2) is 9.37 Å². The summed E-state index contributed by atoms with van der Waals surface area (Å²) >= 11 is 1.62. The molecule has 2 rings (SSSR count). The van der Waals surface area contributed by atoms with Crippen molar-refractivity contribution in [1.82, 2.24) is 15.3 Å². The second-order valence-corrected chi connectivity index (χ2v) is 5.38. The number of nitrogens with zero attached hydrogens (tertiary/aromatic N) is 2. The number of rotatable bonds is 5. The highest BCUT2D eigenvalue weighted by Crippen LogP contribution is 2.19. The molecule has 2 heterocycles. The van der Waals surface area contributed by atoms with Crippen LogP contribution >= 0.6 is 11.3 Å². The molecule has 0 aliphatic heterocycles. The smallest absolute Gasteiger partial charge is 0.141 e. The molecule has 3 nitrogen and oxygen atoms in total. The number of halogens is 1. The number of hydrogen-bond acceptors (Lipinski definition) is 4. The van der Waals surface area contributed by atoms with Crippen molar-refractivity contribution in [3.63, 3.8) is 0 Å². The third-order valence-corrected chi connectivity index (χ3v) is 3.31. The highest BCUT2D eigenvalue weighted by molar-refractivity contribution is 7.09. The third-order valence-electron chi connectivity index (χ3n) is 2.50. The maximum atomic E-state index is 12.9. The van der Waals surface area contributed by atoms with E-state index in [0.717, 1.165) is 17.1 Å². The van der Waals surface area contributed by atoms with Crippen LogP contribution in [-0.4, -0.2) is 16.0 Å². The summed E-state index contributed by atoms with van der Waals surface area (Å²) in [7, 11) is 0. The van der Waals surface area contributed by atoms with Gasteiger partial charge < -0.3 is 5.32 Å². The molecule has 1 atom stereocenters. The molecule has 0 spiro atoms. The zero-order valence-electron chi connectivity index (χ0n) is 10.4. The minimum Gasteiger partial charge on any atom is -0.306 e. The van der Waals surface area contributed by atoms with Crippen molar-refractivity contribution < 1.29 is 4.39 Å². The van der Waals surface area contributed by atoms with Crippen LogP contribution in [0.25, 0.3) is 0 Å². The first-order valence-electron chi connectivity index (χ1n) is 5.91.